The largest absolute Gasteiger partial charge is 0.466 e. The molecule has 0 atom stereocenters. The number of hydrogen-bond acceptors (Lipinski definition) is 2. The molecule has 0 bridgehead atoms. The Morgan fingerprint density at radius 1 is 1.55 bits per heavy atom. The first-order valence-electron chi connectivity index (χ1n) is 4.19. The van der Waals surface area contributed by atoms with Crippen LogP contribution in [0.25, 0.3) is 0 Å². The highest BCUT2D eigenvalue weighted by Crippen LogP contribution is 2.21. The molecule has 2 rings (SSSR count). The van der Waals surface area contributed by atoms with Gasteiger partial charge in [-0.3, -0.25) is 0 Å². The van der Waals surface area contributed by atoms with Gasteiger partial charge >= 0.3 is 0 Å². The Labute approximate surface area is 66.6 Å². The third-order valence-electron chi connectivity index (χ3n) is 2.21. The van der Waals surface area contributed by atoms with Gasteiger partial charge in [-0.2, -0.15) is 0 Å². The van der Waals surface area contributed by atoms with E-state index in [-0.39, 0.29) is 0 Å². The summed E-state index contributed by atoms with van der Waals surface area (Å²) in [6.45, 7) is 4.27. The van der Waals surface area contributed by atoms with Gasteiger partial charge in [-0.1, -0.05) is 6.92 Å². The van der Waals surface area contributed by atoms with Crippen molar-refractivity contribution in [2.75, 3.05) is 13.1 Å². The van der Waals surface area contributed by atoms with E-state index in [1.54, 1.807) is 0 Å². The standard InChI is InChI=1S/C9H13NO/c1-2-8-3-4-9(11-8)7-5-10-6-7/h3-4,7,10H,2,5-6H2,1H3. The van der Waals surface area contributed by atoms with Gasteiger partial charge in [-0.15, -0.1) is 0 Å². The Bertz CT molecular complexity index is 237. The zero-order valence-electron chi connectivity index (χ0n) is 6.76. The van der Waals surface area contributed by atoms with E-state index in [9.17, 15) is 0 Å². The van der Waals surface area contributed by atoms with Crippen molar-refractivity contribution in [3.8, 4) is 0 Å². The van der Waals surface area contributed by atoms with Crippen LogP contribution in [0.3, 0.4) is 0 Å². The molecule has 1 aromatic rings. The second-order valence-corrected chi connectivity index (χ2v) is 3.01. The van der Waals surface area contributed by atoms with Crippen LogP contribution in [-0.4, -0.2) is 13.1 Å². The van der Waals surface area contributed by atoms with Crippen LogP contribution >= 0.6 is 0 Å². The fourth-order valence-corrected chi connectivity index (χ4v) is 1.29. The Balaban J connectivity index is 2.11. The third-order valence-corrected chi connectivity index (χ3v) is 2.21. The van der Waals surface area contributed by atoms with Gasteiger partial charge in [0.05, 0.1) is 0 Å². The second-order valence-electron chi connectivity index (χ2n) is 3.01. The molecule has 2 heterocycles. The lowest BCUT2D eigenvalue weighted by atomic mass is 10.0. The molecule has 0 amide bonds. The fourth-order valence-electron chi connectivity index (χ4n) is 1.29. The summed E-state index contributed by atoms with van der Waals surface area (Å²) in [5.41, 5.74) is 0. The summed E-state index contributed by atoms with van der Waals surface area (Å²) in [5, 5.41) is 3.23. The van der Waals surface area contributed by atoms with Gasteiger partial charge in [0, 0.05) is 25.4 Å². The van der Waals surface area contributed by atoms with Crippen molar-refractivity contribution in [3.63, 3.8) is 0 Å². The van der Waals surface area contributed by atoms with Crippen LogP contribution in [0.1, 0.15) is 24.4 Å². The average molecular weight is 151 g/mol. The monoisotopic (exact) mass is 151 g/mol. The van der Waals surface area contributed by atoms with Gasteiger partial charge in [0.15, 0.2) is 0 Å². The highest BCUT2D eigenvalue weighted by atomic mass is 16.3. The summed E-state index contributed by atoms with van der Waals surface area (Å²) in [5.74, 6) is 2.89. The maximum absolute atomic E-state index is 5.60. The van der Waals surface area contributed by atoms with E-state index in [4.69, 9.17) is 4.42 Å². The van der Waals surface area contributed by atoms with Crippen LogP contribution in [0.15, 0.2) is 16.5 Å². The van der Waals surface area contributed by atoms with E-state index in [2.05, 4.69) is 24.4 Å². The first kappa shape index (κ1) is 6.92. The second kappa shape index (κ2) is 2.70. The summed E-state index contributed by atoms with van der Waals surface area (Å²) in [7, 11) is 0. The zero-order valence-corrected chi connectivity index (χ0v) is 6.76. The molecule has 1 saturated heterocycles. The Morgan fingerprint density at radius 2 is 2.36 bits per heavy atom. The Hall–Kier alpha value is -0.760. The minimum absolute atomic E-state index is 0.635. The van der Waals surface area contributed by atoms with Crippen molar-refractivity contribution in [2.24, 2.45) is 0 Å². The predicted molar refractivity (Wildman–Crippen MR) is 43.7 cm³/mol. The molecule has 0 aliphatic carbocycles. The molecule has 2 nitrogen and oxygen atoms in total. The first-order valence-corrected chi connectivity index (χ1v) is 4.19. The number of rotatable bonds is 2. The molecule has 1 aliphatic heterocycles. The topological polar surface area (TPSA) is 25.2 Å². The van der Waals surface area contributed by atoms with Crippen LogP contribution in [0.5, 0.6) is 0 Å². The van der Waals surface area contributed by atoms with Gasteiger partial charge in [0.2, 0.25) is 0 Å². The molecule has 11 heavy (non-hydrogen) atoms. The van der Waals surface area contributed by atoms with Gasteiger partial charge in [0.1, 0.15) is 11.5 Å². The normalized spacial score (nSPS) is 18.3. The van der Waals surface area contributed by atoms with Crippen LogP contribution in [0, 0.1) is 0 Å². The highest BCUT2D eigenvalue weighted by Gasteiger charge is 2.21. The molecule has 1 aromatic heterocycles. The summed E-state index contributed by atoms with van der Waals surface area (Å²) in [6, 6.07) is 4.18. The fraction of sp³-hybridized carbons (Fsp3) is 0.556. The van der Waals surface area contributed by atoms with Crippen molar-refractivity contribution >= 4 is 0 Å². The summed E-state index contributed by atoms with van der Waals surface area (Å²) >= 11 is 0. The van der Waals surface area contributed by atoms with Crippen LogP contribution in [0.2, 0.25) is 0 Å². The van der Waals surface area contributed by atoms with Crippen LogP contribution < -0.4 is 5.32 Å². The van der Waals surface area contributed by atoms with Crippen molar-refractivity contribution < 1.29 is 4.42 Å². The van der Waals surface area contributed by atoms with Crippen molar-refractivity contribution in [2.45, 2.75) is 19.3 Å². The van der Waals surface area contributed by atoms with Crippen molar-refractivity contribution in [3.05, 3.63) is 23.7 Å². The van der Waals surface area contributed by atoms with E-state index in [0.29, 0.717) is 5.92 Å². The molecule has 1 N–H and O–H groups in total. The quantitative estimate of drug-likeness (QED) is 0.693. The molecule has 0 spiro atoms. The van der Waals surface area contributed by atoms with E-state index >= 15 is 0 Å². The molecule has 0 saturated carbocycles. The zero-order chi connectivity index (χ0) is 7.68. The van der Waals surface area contributed by atoms with Gasteiger partial charge in [0.25, 0.3) is 0 Å². The third kappa shape index (κ3) is 1.18. The van der Waals surface area contributed by atoms with E-state index in [1.165, 1.54) is 0 Å². The van der Waals surface area contributed by atoms with Gasteiger partial charge < -0.3 is 9.73 Å². The molecule has 2 heteroatoms. The molecule has 0 radical (unpaired) electrons. The lowest BCUT2D eigenvalue weighted by Crippen LogP contribution is -2.39. The summed E-state index contributed by atoms with van der Waals surface area (Å²) in [4.78, 5) is 0. The van der Waals surface area contributed by atoms with Crippen molar-refractivity contribution in [1.82, 2.24) is 5.32 Å². The number of furan rings is 1. The molecular weight excluding hydrogens is 138 g/mol. The molecule has 1 fully saturated rings. The maximum atomic E-state index is 5.60. The average Bonchev–Trinajstić information content (AvgIpc) is 2.32. The number of aryl methyl sites for hydroxylation is 1. The molecule has 60 valence electrons. The van der Waals surface area contributed by atoms with E-state index < -0.39 is 0 Å². The van der Waals surface area contributed by atoms with E-state index in [1.807, 2.05) is 0 Å². The maximum Gasteiger partial charge on any atom is 0.109 e. The highest BCUT2D eigenvalue weighted by molar-refractivity contribution is 5.14. The summed E-state index contributed by atoms with van der Waals surface area (Å²) < 4.78 is 5.60. The molecule has 1 aliphatic rings. The lowest BCUT2D eigenvalue weighted by molar-refractivity contribution is 0.357. The number of nitrogens with one attached hydrogen (secondary N) is 1. The van der Waals surface area contributed by atoms with Gasteiger partial charge in [-0.05, 0) is 12.1 Å². The number of hydrogen-bond donors (Lipinski definition) is 1. The molecule has 0 unspecified atom stereocenters. The van der Waals surface area contributed by atoms with Gasteiger partial charge in [-0.25, -0.2) is 0 Å². The van der Waals surface area contributed by atoms with Crippen molar-refractivity contribution in [1.29, 1.82) is 0 Å². The summed E-state index contributed by atoms with van der Waals surface area (Å²) in [6.07, 6.45) is 1.00. The predicted octanol–water partition coefficient (Wildman–Crippen LogP) is 1.53. The SMILES string of the molecule is CCc1ccc(C2CNC2)o1. The van der Waals surface area contributed by atoms with Crippen LogP contribution in [0.4, 0.5) is 0 Å². The van der Waals surface area contributed by atoms with Crippen LogP contribution in [-0.2, 0) is 6.42 Å². The minimum atomic E-state index is 0.635. The molecular formula is C9H13NO. The Kier molecular flexibility index (Phi) is 1.70. The lowest BCUT2D eigenvalue weighted by Gasteiger charge is -2.24. The first-order chi connectivity index (χ1) is 5.40. The Morgan fingerprint density at radius 3 is 2.82 bits per heavy atom. The minimum Gasteiger partial charge on any atom is -0.466 e. The van der Waals surface area contributed by atoms with E-state index in [0.717, 1.165) is 31.0 Å². The smallest absolute Gasteiger partial charge is 0.109 e. The molecule has 0 aromatic carbocycles.